The summed E-state index contributed by atoms with van der Waals surface area (Å²) >= 11 is 0. The number of amides is 4. The van der Waals surface area contributed by atoms with E-state index in [4.69, 9.17) is 22.9 Å². The zero-order chi connectivity index (χ0) is 25.6. The summed E-state index contributed by atoms with van der Waals surface area (Å²) in [7, 11) is 0. The molecule has 4 atom stereocenters. The molecule has 0 aliphatic carbocycles. The lowest BCUT2D eigenvalue weighted by atomic mass is 9.98. The zero-order valence-electron chi connectivity index (χ0n) is 19.0. The van der Waals surface area contributed by atoms with Gasteiger partial charge in [0.1, 0.15) is 18.1 Å². The van der Waals surface area contributed by atoms with Crippen LogP contribution in [-0.2, 0) is 24.0 Å². The number of nitrogens with zero attached hydrogens (tertiary/aromatic N) is 1. The van der Waals surface area contributed by atoms with Gasteiger partial charge in [-0.05, 0) is 25.2 Å². The number of nitrogens with two attached hydrogens (primary N) is 4. The second-order valence-corrected chi connectivity index (χ2v) is 7.55. The predicted molar refractivity (Wildman–Crippen MR) is 120 cm³/mol. The summed E-state index contributed by atoms with van der Waals surface area (Å²) in [6.45, 7) is 3.24. The summed E-state index contributed by atoms with van der Waals surface area (Å²) in [5, 5.41) is 16.8. The maximum Gasteiger partial charge on any atom is 0.326 e. The zero-order valence-corrected chi connectivity index (χ0v) is 19.0. The Labute approximate surface area is 192 Å². The largest absolute Gasteiger partial charge is 0.480 e. The fourth-order valence-electron chi connectivity index (χ4n) is 2.79. The Morgan fingerprint density at radius 3 is 2.00 bits per heavy atom. The van der Waals surface area contributed by atoms with Crippen LogP contribution in [0.15, 0.2) is 4.99 Å². The summed E-state index contributed by atoms with van der Waals surface area (Å²) < 4.78 is 0. The number of carboxylic acids is 1. The molecule has 0 heterocycles. The molecule has 0 saturated carbocycles. The van der Waals surface area contributed by atoms with Crippen LogP contribution in [0.5, 0.6) is 0 Å². The van der Waals surface area contributed by atoms with Crippen molar-refractivity contribution in [3.63, 3.8) is 0 Å². The minimum absolute atomic E-state index is 0.0779. The van der Waals surface area contributed by atoms with Gasteiger partial charge in [0.2, 0.25) is 23.6 Å². The topological polar surface area (TPSA) is 258 Å². The van der Waals surface area contributed by atoms with Crippen LogP contribution < -0.4 is 38.9 Å². The van der Waals surface area contributed by atoms with Gasteiger partial charge in [0.05, 0.1) is 6.54 Å². The number of hydrogen-bond donors (Lipinski definition) is 8. The average Bonchev–Trinajstić information content (AvgIpc) is 2.75. The van der Waals surface area contributed by atoms with Crippen molar-refractivity contribution in [3.8, 4) is 0 Å². The minimum atomic E-state index is -1.21. The van der Waals surface area contributed by atoms with E-state index in [1.54, 1.807) is 13.8 Å². The molecule has 33 heavy (non-hydrogen) atoms. The van der Waals surface area contributed by atoms with E-state index in [1.165, 1.54) is 0 Å². The van der Waals surface area contributed by atoms with Gasteiger partial charge >= 0.3 is 5.97 Å². The molecule has 0 rings (SSSR count). The first-order valence-corrected chi connectivity index (χ1v) is 10.6. The lowest BCUT2D eigenvalue weighted by Gasteiger charge is -2.26. The molecule has 0 aromatic rings. The van der Waals surface area contributed by atoms with Gasteiger partial charge in [0.15, 0.2) is 5.96 Å². The maximum atomic E-state index is 12.9. The standard InChI is InChI=1S/C19H36N8O6/c1-3-10(2)15(18(32)33)27-17(31)11(5-4-8-24-19(22)23)26-16(30)12(6-7-13(21)28)25-14(29)9-20/h10-12,15H,3-9,20H2,1-2H3,(H2,21,28)(H,25,29)(H,26,30)(H,27,31)(H,32,33)(H4,22,23,24). The third-order valence-electron chi connectivity index (χ3n) is 4.87. The fraction of sp³-hybridized carbons (Fsp3) is 0.684. The van der Waals surface area contributed by atoms with E-state index >= 15 is 0 Å². The van der Waals surface area contributed by atoms with Crippen LogP contribution in [0, 0.1) is 5.92 Å². The molecule has 0 aromatic carbocycles. The van der Waals surface area contributed by atoms with Gasteiger partial charge in [-0.1, -0.05) is 20.3 Å². The van der Waals surface area contributed by atoms with Crippen molar-refractivity contribution < 1.29 is 29.1 Å². The van der Waals surface area contributed by atoms with Crippen molar-refractivity contribution in [2.75, 3.05) is 13.1 Å². The molecule has 12 N–H and O–H groups in total. The molecule has 4 unspecified atom stereocenters. The molecule has 0 aliphatic rings. The predicted octanol–water partition coefficient (Wildman–Crippen LogP) is -3.15. The molecule has 14 nitrogen and oxygen atoms in total. The van der Waals surface area contributed by atoms with Crippen molar-refractivity contribution >= 4 is 35.6 Å². The molecule has 0 fully saturated rings. The lowest BCUT2D eigenvalue weighted by molar-refractivity contribution is -0.143. The number of rotatable bonds is 16. The van der Waals surface area contributed by atoms with Crippen LogP contribution in [0.3, 0.4) is 0 Å². The summed E-state index contributed by atoms with van der Waals surface area (Å²) in [5.74, 6) is -4.52. The lowest BCUT2D eigenvalue weighted by Crippen LogP contribution is -2.57. The van der Waals surface area contributed by atoms with Crippen molar-refractivity contribution in [1.82, 2.24) is 16.0 Å². The van der Waals surface area contributed by atoms with E-state index < -0.39 is 54.3 Å². The summed E-state index contributed by atoms with van der Waals surface area (Å²) in [5.41, 5.74) is 21.0. The Bertz CT molecular complexity index is 725. The molecule has 0 radical (unpaired) electrons. The summed E-state index contributed by atoms with van der Waals surface area (Å²) in [4.78, 5) is 63.8. The van der Waals surface area contributed by atoms with E-state index in [-0.39, 0.29) is 37.7 Å². The molecule has 0 spiro atoms. The first-order valence-electron chi connectivity index (χ1n) is 10.6. The summed E-state index contributed by atoms with van der Waals surface area (Å²) in [6.07, 6.45) is 0.561. The number of carbonyl (C=O) groups excluding carboxylic acids is 4. The SMILES string of the molecule is CCC(C)C(NC(=O)C(CCCN=C(N)N)NC(=O)C(CCC(N)=O)NC(=O)CN)C(=O)O. The number of aliphatic imine (C=N–C) groups is 1. The first kappa shape index (κ1) is 29.6. The van der Waals surface area contributed by atoms with Gasteiger partial charge in [-0.25, -0.2) is 4.79 Å². The Morgan fingerprint density at radius 1 is 0.939 bits per heavy atom. The highest BCUT2D eigenvalue weighted by Gasteiger charge is 2.31. The van der Waals surface area contributed by atoms with Gasteiger partial charge in [-0.15, -0.1) is 0 Å². The quantitative estimate of drug-likeness (QED) is 0.0639. The number of carboxylic acid groups (broad SMARTS) is 1. The second-order valence-electron chi connectivity index (χ2n) is 7.55. The van der Waals surface area contributed by atoms with Crippen molar-refractivity contribution in [3.05, 3.63) is 0 Å². The second kappa shape index (κ2) is 15.4. The molecule has 0 aromatic heterocycles. The Morgan fingerprint density at radius 2 is 1.52 bits per heavy atom. The van der Waals surface area contributed by atoms with Gasteiger partial charge in [0, 0.05) is 13.0 Å². The van der Waals surface area contributed by atoms with Crippen LogP contribution in [-0.4, -0.2) is 71.9 Å². The van der Waals surface area contributed by atoms with Crippen LogP contribution in [0.2, 0.25) is 0 Å². The molecular formula is C19H36N8O6. The fourth-order valence-corrected chi connectivity index (χ4v) is 2.79. The van der Waals surface area contributed by atoms with E-state index in [9.17, 15) is 29.1 Å². The van der Waals surface area contributed by atoms with Crippen LogP contribution in [0.1, 0.15) is 46.0 Å². The van der Waals surface area contributed by atoms with Crippen molar-refractivity contribution in [2.45, 2.75) is 64.1 Å². The molecule has 188 valence electrons. The maximum absolute atomic E-state index is 12.9. The third kappa shape index (κ3) is 12.3. The number of primary amides is 1. The Hall–Kier alpha value is -3.42. The number of nitrogens with one attached hydrogen (secondary N) is 3. The Kier molecular flexibility index (Phi) is 13.8. The van der Waals surface area contributed by atoms with E-state index in [0.717, 1.165) is 0 Å². The highest BCUT2D eigenvalue weighted by atomic mass is 16.4. The number of carbonyl (C=O) groups is 5. The van der Waals surface area contributed by atoms with Gasteiger partial charge < -0.3 is 44.0 Å². The van der Waals surface area contributed by atoms with Crippen LogP contribution in [0.4, 0.5) is 0 Å². The molecule has 0 aliphatic heterocycles. The number of guanidine groups is 1. The van der Waals surface area contributed by atoms with E-state index in [2.05, 4.69) is 20.9 Å². The van der Waals surface area contributed by atoms with Crippen LogP contribution in [0.25, 0.3) is 0 Å². The molecule has 14 heteroatoms. The van der Waals surface area contributed by atoms with Crippen molar-refractivity contribution in [1.29, 1.82) is 0 Å². The normalized spacial score (nSPS) is 14.2. The molecule has 0 bridgehead atoms. The third-order valence-corrected chi connectivity index (χ3v) is 4.87. The highest BCUT2D eigenvalue weighted by Crippen LogP contribution is 2.10. The van der Waals surface area contributed by atoms with Crippen LogP contribution >= 0.6 is 0 Å². The average molecular weight is 473 g/mol. The monoisotopic (exact) mass is 472 g/mol. The van der Waals surface area contributed by atoms with Gasteiger partial charge in [-0.3, -0.25) is 24.2 Å². The van der Waals surface area contributed by atoms with E-state index in [0.29, 0.717) is 12.8 Å². The van der Waals surface area contributed by atoms with Crippen molar-refractivity contribution in [2.24, 2.45) is 33.8 Å². The van der Waals surface area contributed by atoms with Gasteiger partial charge in [0.25, 0.3) is 0 Å². The minimum Gasteiger partial charge on any atom is -0.480 e. The first-order chi connectivity index (χ1) is 15.4. The molecule has 4 amide bonds. The number of aliphatic carboxylic acids is 1. The summed E-state index contributed by atoms with van der Waals surface area (Å²) in [6, 6.07) is -3.49. The van der Waals surface area contributed by atoms with E-state index in [1.807, 2.05) is 0 Å². The van der Waals surface area contributed by atoms with Gasteiger partial charge in [-0.2, -0.15) is 0 Å². The molecular weight excluding hydrogens is 436 g/mol. The molecule has 0 saturated heterocycles. The smallest absolute Gasteiger partial charge is 0.326 e. The number of hydrogen-bond acceptors (Lipinski definition) is 7. The Balaban J connectivity index is 5.56. The highest BCUT2D eigenvalue weighted by molar-refractivity contribution is 5.93.